The first-order chi connectivity index (χ1) is 18.3. The van der Waals surface area contributed by atoms with E-state index in [9.17, 15) is 17.6 Å². The number of Topliss-reactive ketones (excluding diaryl/α,β-unsaturated/α-hetero) is 1. The molecule has 3 aromatic heterocycles. The van der Waals surface area contributed by atoms with Crippen molar-refractivity contribution in [2.75, 3.05) is 0 Å². The molecule has 0 unspecified atom stereocenters. The van der Waals surface area contributed by atoms with E-state index in [0.717, 1.165) is 22.4 Å². The van der Waals surface area contributed by atoms with E-state index in [1.165, 1.54) is 24.4 Å². The number of fused-ring (bicyclic) bond motifs is 2. The Morgan fingerprint density at radius 3 is 2.63 bits per heavy atom. The fourth-order valence-corrected chi connectivity index (χ4v) is 7.46. The molecule has 4 aromatic rings. The van der Waals surface area contributed by atoms with E-state index in [4.69, 9.17) is 0 Å². The number of carbonyl (C=O) groups excluding carboxylic acids is 1. The van der Waals surface area contributed by atoms with Crippen LogP contribution in [0.25, 0.3) is 11.8 Å². The molecule has 6 rings (SSSR count). The summed E-state index contributed by atoms with van der Waals surface area (Å²) >= 11 is 0. The van der Waals surface area contributed by atoms with E-state index < -0.39 is 20.5 Å². The second-order valence-corrected chi connectivity index (χ2v) is 12.2. The molecule has 1 aromatic carbocycles. The molecule has 1 saturated carbocycles. The Kier molecular flexibility index (Phi) is 5.83. The molecule has 0 aliphatic heterocycles. The molecular weight excluding hydrogens is 503 g/mol. The van der Waals surface area contributed by atoms with Crippen molar-refractivity contribution in [3.8, 4) is 5.69 Å². The van der Waals surface area contributed by atoms with Gasteiger partial charge >= 0.3 is 0 Å². The summed E-state index contributed by atoms with van der Waals surface area (Å²) in [6, 6.07) is 14.5. The Bertz CT molecular complexity index is 1680. The minimum atomic E-state index is -3.76. The van der Waals surface area contributed by atoms with Crippen molar-refractivity contribution >= 4 is 21.7 Å². The SMILES string of the molecule is Cc1ccnc(C(=O)[C@]23Cc4cnn(-c5ccc(F)cc5)c4C=C2CC[C@H](S(=O)(=O)c2ccccn2)C3)c1. The van der Waals surface area contributed by atoms with Crippen molar-refractivity contribution in [2.45, 2.75) is 42.9 Å². The van der Waals surface area contributed by atoms with Crippen molar-refractivity contribution in [1.29, 1.82) is 0 Å². The highest BCUT2D eigenvalue weighted by atomic mass is 32.2. The highest BCUT2D eigenvalue weighted by Crippen LogP contribution is 2.51. The Hall–Kier alpha value is -3.98. The molecule has 0 amide bonds. The molecule has 0 radical (unpaired) electrons. The van der Waals surface area contributed by atoms with Gasteiger partial charge in [-0.2, -0.15) is 5.10 Å². The van der Waals surface area contributed by atoms with Crippen molar-refractivity contribution in [3.05, 3.63) is 107 Å². The summed E-state index contributed by atoms with van der Waals surface area (Å²) < 4.78 is 42.5. The fourth-order valence-electron chi connectivity index (χ4n) is 5.71. The van der Waals surface area contributed by atoms with Crippen molar-refractivity contribution in [3.63, 3.8) is 0 Å². The van der Waals surface area contributed by atoms with Gasteiger partial charge in [-0.25, -0.2) is 22.5 Å². The largest absolute Gasteiger partial charge is 0.291 e. The van der Waals surface area contributed by atoms with E-state index in [1.54, 1.807) is 47.4 Å². The number of rotatable bonds is 5. The van der Waals surface area contributed by atoms with E-state index in [1.807, 2.05) is 19.1 Å². The van der Waals surface area contributed by atoms with Crippen molar-refractivity contribution < 1.29 is 17.6 Å². The zero-order valence-electron chi connectivity index (χ0n) is 20.7. The van der Waals surface area contributed by atoms with Crippen LogP contribution in [-0.4, -0.2) is 39.2 Å². The molecule has 0 spiro atoms. The number of pyridine rings is 2. The first kappa shape index (κ1) is 24.4. The number of ketones is 1. The van der Waals surface area contributed by atoms with Gasteiger partial charge in [0, 0.05) is 12.4 Å². The Labute approximate surface area is 220 Å². The molecule has 192 valence electrons. The maximum absolute atomic E-state index is 14.3. The van der Waals surface area contributed by atoms with Crippen LogP contribution < -0.4 is 0 Å². The summed E-state index contributed by atoms with van der Waals surface area (Å²) in [5.74, 6) is -0.524. The molecule has 3 heterocycles. The van der Waals surface area contributed by atoms with Crippen LogP contribution in [0.2, 0.25) is 0 Å². The Morgan fingerprint density at radius 1 is 1.08 bits per heavy atom. The molecular formula is C29H25FN4O3S. The van der Waals surface area contributed by atoms with Gasteiger partial charge in [0.15, 0.2) is 20.6 Å². The van der Waals surface area contributed by atoms with Crippen LogP contribution in [-0.2, 0) is 16.3 Å². The minimum absolute atomic E-state index is 0.0225. The van der Waals surface area contributed by atoms with E-state index in [0.29, 0.717) is 30.6 Å². The van der Waals surface area contributed by atoms with Crippen LogP contribution >= 0.6 is 0 Å². The molecule has 0 bridgehead atoms. The summed E-state index contributed by atoms with van der Waals surface area (Å²) in [5, 5.41) is 3.80. The molecule has 2 aliphatic carbocycles. The number of aryl methyl sites for hydroxylation is 1. The third kappa shape index (κ3) is 3.98. The van der Waals surface area contributed by atoms with Gasteiger partial charge in [0.2, 0.25) is 0 Å². The normalized spacial score (nSPS) is 20.8. The molecule has 0 N–H and O–H groups in total. The summed E-state index contributed by atoms with van der Waals surface area (Å²) in [5.41, 5.74) is 3.37. The second kappa shape index (κ2) is 9.09. The molecule has 2 atom stereocenters. The molecule has 7 nitrogen and oxygen atoms in total. The summed E-state index contributed by atoms with van der Waals surface area (Å²) in [4.78, 5) is 22.7. The maximum Gasteiger partial charge on any atom is 0.198 e. The molecule has 0 saturated heterocycles. The predicted molar refractivity (Wildman–Crippen MR) is 140 cm³/mol. The summed E-state index contributed by atoms with van der Waals surface area (Å²) in [6.07, 6.45) is 7.99. The summed E-state index contributed by atoms with van der Waals surface area (Å²) in [7, 11) is -3.76. The summed E-state index contributed by atoms with van der Waals surface area (Å²) in [6.45, 7) is 1.90. The number of hydrogen-bond acceptors (Lipinski definition) is 6. The standard InChI is InChI=1S/C29H25FN4O3S/c1-19-11-13-31-25(14-19)28(35)29-16-20-18-33-34(23-8-6-22(30)7-9-23)26(20)15-21(29)5-10-24(17-29)38(36,37)27-4-2-3-12-32-27/h2-4,6-9,11-15,18,24H,5,10,16-17H2,1H3/t24-,29-/m0/s1. The van der Waals surface area contributed by atoms with Gasteiger partial charge in [-0.3, -0.25) is 9.78 Å². The van der Waals surface area contributed by atoms with Gasteiger partial charge in [-0.05, 0) is 98.3 Å². The average molecular weight is 529 g/mol. The predicted octanol–water partition coefficient (Wildman–Crippen LogP) is 4.95. The quantitative estimate of drug-likeness (QED) is 0.341. The third-order valence-electron chi connectivity index (χ3n) is 7.64. The lowest BCUT2D eigenvalue weighted by molar-refractivity contribution is 0.0796. The van der Waals surface area contributed by atoms with Gasteiger partial charge in [-0.1, -0.05) is 11.6 Å². The van der Waals surface area contributed by atoms with E-state index in [2.05, 4.69) is 15.1 Å². The Balaban J connectivity index is 1.46. The number of allylic oxidation sites excluding steroid dienone is 1. The fraction of sp³-hybridized carbons (Fsp3) is 0.241. The average Bonchev–Trinajstić information content (AvgIpc) is 3.34. The van der Waals surface area contributed by atoms with Crippen LogP contribution in [0.4, 0.5) is 4.39 Å². The van der Waals surface area contributed by atoms with Gasteiger partial charge in [0.1, 0.15) is 11.5 Å². The Morgan fingerprint density at radius 2 is 1.89 bits per heavy atom. The number of sulfone groups is 1. The minimum Gasteiger partial charge on any atom is -0.291 e. The van der Waals surface area contributed by atoms with E-state index >= 15 is 0 Å². The van der Waals surface area contributed by atoms with Gasteiger partial charge in [-0.15, -0.1) is 0 Å². The molecule has 38 heavy (non-hydrogen) atoms. The number of nitrogens with zero attached hydrogens (tertiary/aromatic N) is 4. The highest BCUT2D eigenvalue weighted by Gasteiger charge is 2.52. The molecule has 2 aliphatic rings. The lowest BCUT2D eigenvalue weighted by Gasteiger charge is -2.43. The van der Waals surface area contributed by atoms with Crippen LogP contribution in [0.3, 0.4) is 0 Å². The highest BCUT2D eigenvalue weighted by molar-refractivity contribution is 7.92. The van der Waals surface area contributed by atoms with Gasteiger partial charge in [0.05, 0.1) is 28.2 Å². The number of aromatic nitrogens is 4. The van der Waals surface area contributed by atoms with Crippen LogP contribution in [0.1, 0.15) is 46.6 Å². The van der Waals surface area contributed by atoms with Crippen LogP contribution in [0.5, 0.6) is 0 Å². The van der Waals surface area contributed by atoms with Crippen molar-refractivity contribution in [2.24, 2.45) is 5.41 Å². The van der Waals surface area contributed by atoms with Crippen LogP contribution in [0.15, 0.2) is 83.8 Å². The number of carbonyl (C=O) groups is 1. The maximum atomic E-state index is 14.3. The van der Waals surface area contributed by atoms with Gasteiger partial charge < -0.3 is 0 Å². The lowest BCUT2D eigenvalue weighted by Crippen LogP contribution is -2.46. The lowest BCUT2D eigenvalue weighted by atomic mass is 9.61. The van der Waals surface area contributed by atoms with Gasteiger partial charge in [0.25, 0.3) is 0 Å². The van der Waals surface area contributed by atoms with Crippen LogP contribution in [0, 0.1) is 18.2 Å². The monoisotopic (exact) mass is 528 g/mol. The van der Waals surface area contributed by atoms with E-state index in [-0.39, 0.29) is 23.0 Å². The second-order valence-electron chi connectivity index (χ2n) is 10.00. The van der Waals surface area contributed by atoms with Crippen molar-refractivity contribution in [1.82, 2.24) is 19.7 Å². The zero-order chi connectivity index (χ0) is 26.5. The molecule has 1 fully saturated rings. The molecule has 9 heteroatoms. The third-order valence-corrected chi connectivity index (χ3v) is 9.74. The zero-order valence-corrected chi connectivity index (χ0v) is 21.5. The topological polar surface area (TPSA) is 94.8 Å². The number of benzene rings is 1. The smallest absolute Gasteiger partial charge is 0.198 e. The number of halogens is 1. The first-order valence-electron chi connectivity index (χ1n) is 12.4. The number of hydrogen-bond donors (Lipinski definition) is 0. The first-order valence-corrected chi connectivity index (χ1v) is 14.0.